The Kier molecular flexibility index (Phi) is 7.43. The summed E-state index contributed by atoms with van der Waals surface area (Å²) in [6.07, 6.45) is -4.77. The van der Waals surface area contributed by atoms with Gasteiger partial charge in [0, 0.05) is 23.6 Å². The second-order valence-corrected chi connectivity index (χ2v) is 8.56. The normalized spacial score (nSPS) is 16.9. The van der Waals surface area contributed by atoms with E-state index < -0.39 is 41.2 Å². The molecule has 3 rings (SSSR count). The Bertz CT molecular complexity index is 1110. The first-order chi connectivity index (χ1) is 15.9. The first-order valence-corrected chi connectivity index (χ1v) is 10.7. The molecule has 0 aliphatic carbocycles. The van der Waals surface area contributed by atoms with Gasteiger partial charge >= 0.3 is 12.1 Å². The first-order valence-electron chi connectivity index (χ1n) is 10.7. The summed E-state index contributed by atoms with van der Waals surface area (Å²) >= 11 is 0. The summed E-state index contributed by atoms with van der Waals surface area (Å²) in [6, 6.07) is 7.83. The summed E-state index contributed by atoms with van der Waals surface area (Å²) in [5.41, 5.74) is -0.314. The van der Waals surface area contributed by atoms with Crippen LogP contribution in [0, 0.1) is 17.6 Å². The lowest BCUT2D eigenvalue weighted by molar-refractivity contribution is -0.141. The van der Waals surface area contributed by atoms with E-state index in [4.69, 9.17) is 4.74 Å². The van der Waals surface area contributed by atoms with Crippen molar-refractivity contribution < 1.29 is 36.3 Å². The van der Waals surface area contributed by atoms with Gasteiger partial charge in [-0.2, -0.15) is 13.2 Å². The number of ether oxygens (including phenoxy) is 1. The van der Waals surface area contributed by atoms with Crippen LogP contribution in [0.4, 0.5) is 22.0 Å². The van der Waals surface area contributed by atoms with Crippen LogP contribution < -0.4 is 0 Å². The largest absolute Gasteiger partial charge is 0.462 e. The van der Waals surface area contributed by atoms with E-state index >= 15 is 0 Å². The average molecular weight is 481 g/mol. The van der Waals surface area contributed by atoms with Crippen molar-refractivity contribution in [1.82, 2.24) is 4.90 Å². The summed E-state index contributed by atoms with van der Waals surface area (Å²) in [4.78, 5) is 27.2. The molecule has 0 N–H and O–H groups in total. The highest BCUT2D eigenvalue weighted by atomic mass is 19.4. The number of allylic oxidation sites excluding steroid dienone is 1. The number of alkyl halides is 3. The van der Waals surface area contributed by atoms with E-state index in [1.807, 2.05) is 13.8 Å². The Morgan fingerprint density at radius 1 is 1.12 bits per heavy atom. The summed E-state index contributed by atoms with van der Waals surface area (Å²) in [6.45, 7) is 4.95. The molecule has 1 heterocycles. The van der Waals surface area contributed by atoms with Crippen LogP contribution in [-0.2, 0) is 27.0 Å². The Morgan fingerprint density at radius 2 is 1.76 bits per heavy atom. The van der Waals surface area contributed by atoms with Gasteiger partial charge in [-0.05, 0) is 36.6 Å². The topological polar surface area (TPSA) is 46.6 Å². The molecule has 0 radical (unpaired) electrons. The third-order valence-electron chi connectivity index (χ3n) is 5.59. The zero-order chi connectivity index (χ0) is 25.2. The van der Waals surface area contributed by atoms with Crippen molar-refractivity contribution in [3.05, 3.63) is 82.1 Å². The fraction of sp³-hybridized carbons (Fsp3) is 0.360. The molecule has 1 aliphatic rings. The Balaban J connectivity index is 2.03. The number of hydrogen-bond donors (Lipinski definition) is 0. The maximum absolute atomic E-state index is 14.2. The van der Waals surface area contributed by atoms with Crippen molar-refractivity contribution in [2.75, 3.05) is 6.61 Å². The SMILES string of the molecule is CC1=C(C(=O)OCC(C)C)C(c2ccc(C(F)(F)F)cc2)CC(=O)N1Cc1cccc(F)c1F. The van der Waals surface area contributed by atoms with Crippen LogP contribution in [-0.4, -0.2) is 23.4 Å². The van der Waals surface area contributed by atoms with Crippen LogP contribution in [0.5, 0.6) is 0 Å². The predicted octanol–water partition coefficient (Wildman–Crippen LogP) is 5.97. The molecule has 2 aromatic carbocycles. The molecule has 0 fully saturated rings. The van der Waals surface area contributed by atoms with Crippen LogP contribution in [0.15, 0.2) is 53.7 Å². The van der Waals surface area contributed by atoms with Crippen LogP contribution >= 0.6 is 0 Å². The zero-order valence-electron chi connectivity index (χ0n) is 18.9. The van der Waals surface area contributed by atoms with E-state index in [-0.39, 0.29) is 42.3 Å². The van der Waals surface area contributed by atoms with Crippen LogP contribution in [0.2, 0.25) is 0 Å². The van der Waals surface area contributed by atoms with Gasteiger partial charge in [-0.3, -0.25) is 4.79 Å². The number of carbonyl (C=O) groups is 2. The monoisotopic (exact) mass is 481 g/mol. The molecule has 2 aromatic rings. The van der Waals surface area contributed by atoms with Crippen molar-refractivity contribution in [2.45, 2.75) is 45.8 Å². The number of benzene rings is 2. The van der Waals surface area contributed by atoms with E-state index in [1.165, 1.54) is 36.1 Å². The van der Waals surface area contributed by atoms with Gasteiger partial charge in [0.15, 0.2) is 11.6 Å². The second-order valence-electron chi connectivity index (χ2n) is 8.56. The van der Waals surface area contributed by atoms with Gasteiger partial charge in [-0.15, -0.1) is 0 Å². The van der Waals surface area contributed by atoms with Crippen molar-refractivity contribution in [3.8, 4) is 0 Å². The molecular formula is C25H24F5NO3. The lowest BCUT2D eigenvalue weighted by Crippen LogP contribution is -2.38. The van der Waals surface area contributed by atoms with Crippen molar-refractivity contribution in [3.63, 3.8) is 0 Å². The summed E-state index contributed by atoms with van der Waals surface area (Å²) < 4.78 is 72.2. The van der Waals surface area contributed by atoms with Crippen molar-refractivity contribution >= 4 is 11.9 Å². The Hall–Kier alpha value is -3.23. The molecule has 0 saturated carbocycles. The van der Waals surface area contributed by atoms with Crippen LogP contribution in [0.1, 0.15) is 49.8 Å². The van der Waals surface area contributed by atoms with Crippen LogP contribution in [0.25, 0.3) is 0 Å². The maximum atomic E-state index is 14.2. The summed E-state index contributed by atoms with van der Waals surface area (Å²) in [5.74, 6) is -4.18. The number of halogens is 5. The van der Waals surface area contributed by atoms with Gasteiger partial charge in [-0.25, -0.2) is 13.6 Å². The highest BCUT2D eigenvalue weighted by Gasteiger charge is 2.38. The quantitative estimate of drug-likeness (QED) is 0.377. The van der Waals surface area contributed by atoms with E-state index in [0.717, 1.165) is 18.2 Å². The number of nitrogens with zero attached hydrogens (tertiary/aromatic N) is 1. The van der Waals surface area contributed by atoms with E-state index in [2.05, 4.69) is 0 Å². The highest BCUT2D eigenvalue weighted by molar-refractivity contribution is 5.95. The minimum Gasteiger partial charge on any atom is -0.462 e. The van der Waals surface area contributed by atoms with Gasteiger partial charge in [0.2, 0.25) is 5.91 Å². The third kappa shape index (κ3) is 5.46. The van der Waals surface area contributed by atoms with E-state index in [0.29, 0.717) is 5.56 Å². The number of esters is 1. The fourth-order valence-electron chi connectivity index (χ4n) is 3.82. The van der Waals surface area contributed by atoms with Gasteiger partial charge in [0.05, 0.1) is 24.3 Å². The number of hydrogen-bond acceptors (Lipinski definition) is 3. The molecule has 34 heavy (non-hydrogen) atoms. The molecule has 0 aromatic heterocycles. The molecule has 4 nitrogen and oxygen atoms in total. The fourth-order valence-corrected chi connectivity index (χ4v) is 3.82. The average Bonchev–Trinajstić information content (AvgIpc) is 2.76. The van der Waals surface area contributed by atoms with Crippen LogP contribution in [0.3, 0.4) is 0 Å². The summed E-state index contributed by atoms with van der Waals surface area (Å²) in [5, 5.41) is 0. The third-order valence-corrected chi connectivity index (χ3v) is 5.59. The maximum Gasteiger partial charge on any atom is 0.416 e. The van der Waals surface area contributed by atoms with Gasteiger partial charge in [-0.1, -0.05) is 38.1 Å². The number of amides is 1. The Morgan fingerprint density at radius 3 is 2.35 bits per heavy atom. The zero-order valence-corrected chi connectivity index (χ0v) is 18.9. The van der Waals surface area contributed by atoms with E-state index in [9.17, 15) is 31.5 Å². The second kappa shape index (κ2) is 9.95. The minimum atomic E-state index is -4.53. The lowest BCUT2D eigenvalue weighted by Gasteiger charge is -2.34. The molecule has 1 amide bonds. The molecule has 182 valence electrons. The molecule has 0 saturated heterocycles. The van der Waals surface area contributed by atoms with Gasteiger partial charge < -0.3 is 9.64 Å². The van der Waals surface area contributed by atoms with Gasteiger partial charge in [0.1, 0.15) is 0 Å². The molecule has 1 aliphatic heterocycles. The van der Waals surface area contributed by atoms with E-state index in [1.54, 1.807) is 0 Å². The predicted molar refractivity (Wildman–Crippen MR) is 114 cm³/mol. The number of carbonyl (C=O) groups excluding carboxylic acids is 2. The molecule has 1 atom stereocenters. The smallest absolute Gasteiger partial charge is 0.416 e. The highest BCUT2D eigenvalue weighted by Crippen LogP contribution is 2.39. The molecule has 1 unspecified atom stereocenters. The minimum absolute atomic E-state index is 0.0251. The first kappa shape index (κ1) is 25.4. The standard InChI is InChI=1S/C25H24F5NO3/c1-14(2)13-34-24(33)22-15(3)31(12-17-5-4-6-20(26)23(17)27)21(32)11-19(22)16-7-9-18(10-8-16)25(28,29)30/h4-10,14,19H,11-13H2,1-3H3. The molecule has 9 heteroatoms. The molecule has 0 bridgehead atoms. The molecular weight excluding hydrogens is 457 g/mol. The summed E-state index contributed by atoms with van der Waals surface area (Å²) in [7, 11) is 0. The van der Waals surface area contributed by atoms with Crippen molar-refractivity contribution in [2.24, 2.45) is 5.92 Å². The molecule has 0 spiro atoms. The lowest BCUT2D eigenvalue weighted by atomic mass is 9.83. The Labute approximate surface area is 194 Å². The van der Waals surface area contributed by atoms with Crippen molar-refractivity contribution in [1.29, 1.82) is 0 Å². The number of rotatable bonds is 6. The van der Waals surface area contributed by atoms with Gasteiger partial charge in [0.25, 0.3) is 0 Å².